The largest absolute Gasteiger partial charge is 0.459 e. The number of piperazine rings is 2. The van der Waals surface area contributed by atoms with E-state index < -0.39 is 11.8 Å². The number of carbonyl (C=O) groups excluding carboxylic acids is 3. The third-order valence-corrected chi connectivity index (χ3v) is 4.56. The predicted octanol–water partition coefficient (Wildman–Crippen LogP) is -0.662. The van der Waals surface area contributed by atoms with E-state index in [4.69, 9.17) is 4.42 Å². The van der Waals surface area contributed by atoms with E-state index in [9.17, 15) is 14.4 Å². The summed E-state index contributed by atoms with van der Waals surface area (Å²) in [4.78, 5) is 43.8. The van der Waals surface area contributed by atoms with Crippen LogP contribution in [-0.2, 0) is 9.59 Å². The minimum Gasteiger partial charge on any atom is -0.459 e. The molecule has 0 saturated carbocycles. The van der Waals surface area contributed by atoms with E-state index in [2.05, 4.69) is 4.90 Å². The molecule has 3 amide bonds. The summed E-state index contributed by atoms with van der Waals surface area (Å²) >= 11 is 0. The zero-order valence-corrected chi connectivity index (χ0v) is 13.8. The lowest BCUT2D eigenvalue weighted by atomic mass is 10.2. The Kier molecular flexibility index (Phi) is 4.84. The highest BCUT2D eigenvalue weighted by Gasteiger charge is 2.32. The third kappa shape index (κ3) is 3.43. The number of rotatable bonds is 1. The second kappa shape index (κ2) is 7.04. The van der Waals surface area contributed by atoms with E-state index in [1.807, 2.05) is 7.05 Å². The highest BCUT2D eigenvalue weighted by atomic mass is 16.3. The molecule has 3 rings (SSSR count). The molecular formula is C16H22N4O4. The molecule has 1 aromatic rings. The molecular weight excluding hydrogens is 312 g/mol. The molecule has 0 unspecified atom stereocenters. The van der Waals surface area contributed by atoms with Crippen molar-refractivity contribution in [3.8, 4) is 0 Å². The first-order chi connectivity index (χ1) is 11.6. The van der Waals surface area contributed by atoms with Crippen molar-refractivity contribution in [1.29, 1.82) is 0 Å². The summed E-state index contributed by atoms with van der Waals surface area (Å²) in [6.07, 6.45) is 1.46. The Bertz CT molecular complexity index is 600. The average molecular weight is 334 g/mol. The highest BCUT2D eigenvalue weighted by molar-refractivity contribution is 6.35. The molecule has 0 N–H and O–H groups in total. The van der Waals surface area contributed by atoms with Crippen molar-refractivity contribution in [2.75, 3.05) is 59.4 Å². The number of nitrogens with zero attached hydrogens (tertiary/aromatic N) is 4. The molecule has 2 fully saturated rings. The van der Waals surface area contributed by atoms with E-state index >= 15 is 0 Å². The molecule has 2 aliphatic heterocycles. The maximum absolute atomic E-state index is 12.4. The zero-order valence-electron chi connectivity index (χ0n) is 13.8. The molecule has 24 heavy (non-hydrogen) atoms. The molecule has 0 atom stereocenters. The Morgan fingerprint density at radius 1 is 0.833 bits per heavy atom. The first-order valence-corrected chi connectivity index (χ1v) is 8.16. The van der Waals surface area contributed by atoms with E-state index in [1.54, 1.807) is 21.9 Å². The summed E-state index contributed by atoms with van der Waals surface area (Å²) in [7, 11) is 2.00. The van der Waals surface area contributed by atoms with Crippen molar-refractivity contribution in [2.45, 2.75) is 0 Å². The van der Waals surface area contributed by atoms with Gasteiger partial charge in [0.2, 0.25) is 0 Å². The smallest absolute Gasteiger partial charge is 0.312 e. The van der Waals surface area contributed by atoms with E-state index in [0.717, 1.165) is 13.1 Å². The summed E-state index contributed by atoms with van der Waals surface area (Å²) in [6, 6.07) is 3.29. The molecule has 3 heterocycles. The first kappa shape index (κ1) is 16.5. The summed E-state index contributed by atoms with van der Waals surface area (Å²) in [5.41, 5.74) is 0. The number of hydrogen-bond donors (Lipinski definition) is 0. The lowest BCUT2D eigenvalue weighted by Crippen LogP contribution is -2.56. The van der Waals surface area contributed by atoms with E-state index in [0.29, 0.717) is 45.0 Å². The maximum atomic E-state index is 12.4. The molecule has 0 radical (unpaired) electrons. The van der Waals surface area contributed by atoms with Crippen molar-refractivity contribution in [2.24, 2.45) is 0 Å². The van der Waals surface area contributed by atoms with Gasteiger partial charge in [0.15, 0.2) is 5.76 Å². The molecule has 2 saturated heterocycles. The van der Waals surface area contributed by atoms with Crippen LogP contribution in [0.15, 0.2) is 22.8 Å². The van der Waals surface area contributed by atoms with Gasteiger partial charge in [0, 0.05) is 52.4 Å². The Labute approximate surface area is 140 Å². The van der Waals surface area contributed by atoms with Gasteiger partial charge in [-0.2, -0.15) is 0 Å². The average Bonchev–Trinajstić information content (AvgIpc) is 3.15. The second-order valence-electron chi connectivity index (χ2n) is 6.16. The minimum atomic E-state index is -0.468. The topological polar surface area (TPSA) is 77.3 Å². The first-order valence-electron chi connectivity index (χ1n) is 8.16. The van der Waals surface area contributed by atoms with Crippen LogP contribution in [0.1, 0.15) is 10.6 Å². The lowest BCUT2D eigenvalue weighted by Gasteiger charge is -2.36. The van der Waals surface area contributed by atoms with Crippen LogP contribution in [0.2, 0.25) is 0 Å². The number of amides is 3. The summed E-state index contributed by atoms with van der Waals surface area (Å²) in [5.74, 6) is -0.792. The van der Waals surface area contributed by atoms with Crippen LogP contribution >= 0.6 is 0 Å². The van der Waals surface area contributed by atoms with Gasteiger partial charge < -0.3 is 24.0 Å². The van der Waals surface area contributed by atoms with Crippen molar-refractivity contribution in [1.82, 2.24) is 19.6 Å². The van der Waals surface area contributed by atoms with Crippen LogP contribution in [0.3, 0.4) is 0 Å². The SMILES string of the molecule is CN1CCN(C(=O)C(=O)N2CCN(C(=O)c3ccco3)CC2)CC1. The van der Waals surface area contributed by atoms with Crippen molar-refractivity contribution < 1.29 is 18.8 Å². The Hall–Kier alpha value is -2.35. The number of carbonyl (C=O) groups is 3. The van der Waals surface area contributed by atoms with Gasteiger partial charge in [-0.3, -0.25) is 14.4 Å². The number of hydrogen-bond acceptors (Lipinski definition) is 5. The van der Waals surface area contributed by atoms with Gasteiger partial charge in [-0.1, -0.05) is 0 Å². The molecule has 1 aromatic heterocycles. The molecule has 8 nitrogen and oxygen atoms in total. The van der Waals surface area contributed by atoms with Crippen LogP contribution < -0.4 is 0 Å². The predicted molar refractivity (Wildman–Crippen MR) is 85.3 cm³/mol. The summed E-state index contributed by atoms with van der Waals surface area (Å²) in [6.45, 7) is 4.27. The minimum absolute atomic E-state index is 0.183. The normalized spacial score (nSPS) is 19.5. The fourth-order valence-corrected chi connectivity index (χ4v) is 2.95. The van der Waals surface area contributed by atoms with E-state index in [1.165, 1.54) is 11.2 Å². The molecule has 0 bridgehead atoms. The van der Waals surface area contributed by atoms with Crippen LogP contribution in [-0.4, -0.2) is 96.7 Å². The Morgan fingerprint density at radius 3 is 1.83 bits per heavy atom. The lowest BCUT2D eigenvalue weighted by molar-refractivity contribution is -0.153. The number of furan rings is 1. The van der Waals surface area contributed by atoms with Crippen molar-refractivity contribution >= 4 is 17.7 Å². The second-order valence-corrected chi connectivity index (χ2v) is 6.16. The van der Waals surface area contributed by atoms with Crippen LogP contribution in [0.25, 0.3) is 0 Å². The van der Waals surface area contributed by atoms with Crippen molar-refractivity contribution in [3.05, 3.63) is 24.2 Å². The highest BCUT2D eigenvalue weighted by Crippen LogP contribution is 2.10. The molecule has 0 aromatic carbocycles. The van der Waals surface area contributed by atoms with Crippen molar-refractivity contribution in [3.63, 3.8) is 0 Å². The Morgan fingerprint density at radius 2 is 1.33 bits per heavy atom. The van der Waals surface area contributed by atoms with Gasteiger partial charge in [-0.25, -0.2) is 0 Å². The quantitative estimate of drug-likeness (QED) is 0.637. The van der Waals surface area contributed by atoms with Crippen LogP contribution in [0, 0.1) is 0 Å². The van der Waals surface area contributed by atoms with E-state index in [-0.39, 0.29) is 5.91 Å². The van der Waals surface area contributed by atoms with Gasteiger partial charge in [-0.05, 0) is 19.2 Å². The van der Waals surface area contributed by atoms with Crippen LogP contribution in [0.5, 0.6) is 0 Å². The Balaban J connectivity index is 1.51. The van der Waals surface area contributed by atoms with Gasteiger partial charge in [0.1, 0.15) is 0 Å². The third-order valence-electron chi connectivity index (χ3n) is 4.56. The molecule has 0 aliphatic carbocycles. The molecule has 130 valence electrons. The van der Waals surface area contributed by atoms with Gasteiger partial charge in [0.05, 0.1) is 6.26 Å². The van der Waals surface area contributed by atoms with Gasteiger partial charge >= 0.3 is 11.8 Å². The fourth-order valence-electron chi connectivity index (χ4n) is 2.95. The summed E-state index contributed by atoms with van der Waals surface area (Å²) in [5, 5.41) is 0. The van der Waals surface area contributed by atoms with Gasteiger partial charge in [0.25, 0.3) is 5.91 Å². The molecule has 2 aliphatic rings. The number of likely N-dealkylation sites (N-methyl/N-ethyl adjacent to an activating group) is 1. The maximum Gasteiger partial charge on any atom is 0.312 e. The van der Waals surface area contributed by atoms with Gasteiger partial charge in [-0.15, -0.1) is 0 Å². The molecule has 0 spiro atoms. The standard InChI is InChI=1S/C16H22N4O4/c1-17-4-6-19(7-5-17)15(22)16(23)20-10-8-18(9-11-20)14(21)13-3-2-12-24-13/h2-3,12H,4-11H2,1H3. The fraction of sp³-hybridized carbons (Fsp3) is 0.562. The summed E-state index contributed by atoms with van der Waals surface area (Å²) < 4.78 is 5.11. The molecule has 8 heteroatoms. The monoisotopic (exact) mass is 334 g/mol. The zero-order chi connectivity index (χ0) is 17.1. The van der Waals surface area contributed by atoms with Crippen LogP contribution in [0.4, 0.5) is 0 Å².